The lowest BCUT2D eigenvalue weighted by Crippen LogP contribution is -2.19. The Balaban J connectivity index is 2.04. The van der Waals surface area contributed by atoms with Crippen LogP contribution >= 0.6 is 0 Å². The second kappa shape index (κ2) is 6.70. The molecule has 2 rings (SSSR count). The highest BCUT2D eigenvalue weighted by Crippen LogP contribution is 2.19. The van der Waals surface area contributed by atoms with Crippen LogP contribution in [0.3, 0.4) is 0 Å². The zero-order valence-corrected chi connectivity index (χ0v) is 12.0. The molecule has 1 saturated heterocycles. The first-order valence-corrected chi connectivity index (χ1v) is 7.06. The maximum atomic E-state index is 5.59. The van der Waals surface area contributed by atoms with Crippen LogP contribution in [0.2, 0.25) is 0 Å². The van der Waals surface area contributed by atoms with Gasteiger partial charge in [0.25, 0.3) is 0 Å². The molecule has 1 unspecified atom stereocenters. The van der Waals surface area contributed by atoms with Gasteiger partial charge in [0.1, 0.15) is 11.6 Å². The van der Waals surface area contributed by atoms with Crippen LogP contribution in [0.5, 0.6) is 5.88 Å². The van der Waals surface area contributed by atoms with Gasteiger partial charge in [-0.3, -0.25) is 0 Å². The predicted molar refractivity (Wildman–Crippen MR) is 74.8 cm³/mol. The van der Waals surface area contributed by atoms with Crippen molar-refractivity contribution in [3.05, 3.63) is 11.9 Å². The van der Waals surface area contributed by atoms with Gasteiger partial charge in [0.2, 0.25) is 5.88 Å². The van der Waals surface area contributed by atoms with E-state index in [0.717, 1.165) is 37.6 Å². The predicted octanol–water partition coefficient (Wildman–Crippen LogP) is 2.59. The normalized spacial score (nSPS) is 18.8. The van der Waals surface area contributed by atoms with E-state index in [1.165, 1.54) is 0 Å². The maximum Gasteiger partial charge on any atom is 0.218 e. The molecule has 1 aromatic rings. The highest BCUT2D eigenvalue weighted by Gasteiger charge is 2.16. The van der Waals surface area contributed by atoms with Gasteiger partial charge in [-0.25, -0.2) is 4.98 Å². The summed E-state index contributed by atoms with van der Waals surface area (Å²) in [5.74, 6) is 2.54. The fraction of sp³-hybridized carbons (Fsp3) is 0.714. The molecule has 1 fully saturated rings. The molecule has 0 amide bonds. The second-order valence-electron chi connectivity index (χ2n) is 5.05. The summed E-state index contributed by atoms with van der Waals surface area (Å²) in [5, 5.41) is 3.32. The third-order valence-corrected chi connectivity index (χ3v) is 3.06. The van der Waals surface area contributed by atoms with Crippen LogP contribution in [-0.4, -0.2) is 35.8 Å². The van der Waals surface area contributed by atoms with Gasteiger partial charge in [0.15, 0.2) is 0 Å². The lowest BCUT2D eigenvalue weighted by Gasteiger charge is -2.14. The van der Waals surface area contributed by atoms with Crippen molar-refractivity contribution in [3.63, 3.8) is 0 Å². The van der Waals surface area contributed by atoms with Gasteiger partial charge in [-0.1, -0.05) is 13.8 Å². The van der Waals surface area contributed by atoms with Gasteiger partial charge < -0.3 is 14.8 Å². The molecule has 19 heavy (non-hydrogen) atoms. The Kier molecular flexibility index (Phi) is 4.96. The average molecular weight is 265 g/mol. The minimum atomic E-state index is 0.281. The summed E-state index contributed by atoms with van der Waals surface area (Å²) in [6.07, 6.45) is 2.57. The molecule has 0 bridgehead atoms. The minimum absolute atomic E-state index is 0.281. The number of nitrogens with one attached hydrogen (secondary N) is 1. The quantitative estimate of drug-likeness (QED) is 0.856. The molecule has 0 aromatic carbocycles. The third-order valence-electron chi connectivity index (χ3n) is 3.06. The maximum absolute atomic E-state index is 5.59. The van der Waals surface area contributed by atoms with Crippen LogP contribution in [0.15, 0.2) is 6.07 Å². The van der Waals surface area contributed by atoms with Crippen molar-refractivity contribution in [2.24, 2.45) is 0 Å². The fourth-order valence-electron chi connectivity index (χ4n) is 2.04. The average Bonchev–Trinajstić information content (AvgIpc) is 2.89. The number of aromatic nitrogens is 2. The molecule has 0 saturated carbocycles. The van der Waals surface area contributed by atoms with Crippen molar-refractivity contribution in [1.29, 1.82) is 0 Å². The number of rotatable bonds is 6. The van der Waals surface area contributed by atoms with E-state index in [1.807, 2.05) is 13.0 Å². The van der Waals surface area contributed by atoms with Crippen LogP contribution in [0.1, 0.15) is 45.4 Å². The standard InChI is InChI=1S/C14H23N3O2/c1-4-18-13-8-12(16-14(17-13)10(2)3)15-9-11-6-5-7-19-11/h8,10-11H,4-7,9H2,1-3H3,(H,15,16,17). The van der Waals surface area contributed by atoms with E-state index in [0.29, 0.717) is 18.6 Å². The summed E-state index contributed by atoms with van der Waals surface area (Å²) < 4.78 is 11.1. The van der Waals surface area contributed by atoms with Gasteiger partial charge in [-0.2, -0.15) is 4.98 Å². The topological polar surface area (TPSA) is 56.3 Å². The Morgan fingerprint density at radius 1 is 1.47 bits per heavy atom. The highest BCUT2D eigenvalue weighted by molar-refractivity contribution is 5.39. The van der Waals surface area contributed by atoms with Crippen molar-refractivity contribution in [3.8, 4) is 5.88 Å². The lowest BCUT2D eigenvalue weighted by atomic mass is 10.2. The molecule has 0 radical (unpaired) electrons. The van der Waals surface area contributed by atoms with Gasteiger partial charge in [0.05, 0.1) is 12.7 Å². The first-order valence-electron chi connectivity index (χ1n) is 7.06. The Morgan fingerprint density at radius 2 is 2.32 bits per heavy atom. The van der Waals surface area contributed by atoms with E-state index in [-0.39, 0.29) is 5.92 Å². The lowest BCUT2D eigenvalue weighted by molar-refractivity contribution is 0.120. The molecule has 1 aliphatic heterocycles. The molecule has 1 aliphatic rings. The first-order chi connectivity index (χ1) is 9.19. The van der Waals surface area contributed by atoms with Crippen molar-refractivity contribution in [2.75, 3.05) is 25.1 Å². The molecule has 1 atom stereocenters. The molecular formula is C14H23N3O2. The molecular weight excluding hydrogens is 242 g/mol. The third kappa shape index (κ3) is 4.06. The Labute approximate surface area is 114 Å². The Morgan fingerprint density at radius 3 is 2.95 bits per heavy atom. The number of hydrogen-bond acceptors (Lipinski definition) is 5. The van der Waals surface area contributed by atoms with Crippen molar-refractivity contribution in [1.82, 2.24) is 9.97 Å². The minimum Gasteiger partial charge on any atom is -0.478 e. The number of nitrogens with zero attached hydrogens (tertiary/aromatic N) is 2. The van der Waals surface area contributed by atoms with Gasteiger partial charge in [0, 0.05) is 25.1 Å². The summed E-state index contributed by atoms with van der Waals surface area (Å²) in [6, 6.07) is 1.85. The summed E-state index contributed by atoms with van der Waals surface area (Å²) in [7, 11) is 0. The zero-order valence-electron chi connectivity index (χ0n) is 12.0. The van der Waals surface area contributed by atoms with Gasteiger partial charge >= 0.3 is 0 Å². The van der Waals surface area contributed by atoms with Gasteiger partial charge in [-0.15, -0.1) is 0 Å². The van der Waals surface area contributed by atoms with Crippen LogP contribution in [0.25, 0.3) is 0 Å². The number of hydrogen-bond donors (Lipinski definition) is 1. The van der Waals surface area contributed by atoms with E-state index in [4.69, 9.17) is 9.47 Å². The van der Waals surface area contributed by atoms with E-state index < -0.39 is 0 Å². The summed E-state index contributed by atoms with van der Waals surface area (Å²) >= 11 is 0. The van der Waals surface area contributed by atoms with Crippen LogP contribution < -0.4 is 10.1 Å². The molecule has 2 heterocycles. The first kappa shape index (κ1) is 14.1. The van der Waals surface area contributed by atoms with Crippen LogP contribution in [0.4, 0.5) is 5.82 Å². The zero-order chi connectivity index (χ0) is 13.7. The van der Waals surface area contributed by atoms with Crippen LogP contribution in [0, 0.1) is 0 Å². The molecule has 5 heteroatoms. The summed E-state index contributed by atoms with van der Waals surface area (Å²) in [4.78, 5) is 8.92. The molecule has 1 aromatic heterocycles. The van der Waals surface area contributed by atoms with E-state index in [9.17, 15) is 0 Å². The SMILES string of the molecule is CCOc1cc(NCC2CCCO2)nc(C(C)C)n1. The molecule has 0 aliphatic carbocycles. The van der Waals surface area contributed by atoms with E-state index in [2.05, 4.69) is 29.1 Å². The molecule has 1 N–H and O–H groups in total. The largest absolute Gasteiger partial charge is 0.478 e. The molecule has 106 valence electrons. The van der Waals surface area contributed by atoms with Crippen LogP contribution in [-0.2, 0) is 4.74 Å². The Bertz CT molecular complexity index is 404. The van der Waals surface area contributed by atoms with E-state index in [1.54, 1.807) is 0 Å². The molecule has 5 nitrogen and oxygen atoms in total. The second-order valence-corrected chi connectivity index (χ2v) is 5.05. The number of anilines is 1. The summed E-state index contributed by atoms with van der Waals surface area (Å²) in [6.45, 7) is 8.39. The van der Waals surface area contributed by atoms with Crippen molar-refractivity contribution in [2.45, 2.75) is 45.6 Å². The molecule has 0 spiro atoms. The monoisotopic (exact) mass is 265 g/mol. The van der Waals surface area contributed by atoms with Crippen molar-refractivity contribution >= 4 is 5.82 Å². The van der Waals surface area contributed by atoms with Crippen molar-refractivity contribution < 1.29 is 9.47 Å². The fourth-order valence-corrected chi connectivity index (χ4v) is 2.04. The smallest absolute Gasteiger partial charge is 0.218 e. The number of ether oxygens (including phenoxy) is 2. The van der Waals surface area contributed by atoms with E-state index >= 15 is 0 Å². The Hall–Kier alpha value is -1.36. The van der Waals surface area contributed by atoms with Gasteiger partial charge in [-0.05, 0) is 19.8 Å². The highest BCUT2D eigenvalue weighted by atomic mass is 16.5. The summed E-state index contributed by atoms with van der Waals surface area (Å²) in [5.41, 5.74) is 0.